The molecule has 3 rings (SSSR count). The Hall–Kier alpha value is -2.73. The molecule has 1 amide bonds. The summed E-state index contributed by atoms with van der Waals surface area (Å²) < 4.78 is 27.3. The van der Waals surface area contributed by atoms with Crippen LogP contribution in [-0.4, -0.2) is 51.4 Å². The summed E-state index contributed by atoms with van der Waals surface area (Å²) in [5, 5.41) is 11.6. The number of piperazine rings is 1. The number of hydrogen-bond donors (Lipinski definition) is 2. The second kappa shape index (κ2) is 9.39. The number of amides is 1. The van der Waals surface area contributed by atoms with Crippen LogP contribution in [0.2, 0.25) is 0 Å². The zero-order valence-corrected chi connectivity index (χ0v) is 18.1. The molecule has 2 aromatic carbocycles. The van der Waals surface area contributed by atoms with E-state index in [2.05, 4.69) is 19.2 Å². The zero-order valence-electron chi connectivity index (χ0n) is 17.3. The molecule has 2 aromatic rings. The van der Waals surface area contributed by atoms with Gasteiger partial charge in [0.1, 0.15) is 0 Å². The zero-order chi connectivity index (χ0) is 21.7. The van der Waals surface area contributed by atoms with Crippen LogP contribution in [0.4, 0.5) is 5.69 Å². The molecule has 30 heavy (non-hydrogen) atoms. The van der Waals surface area contributed by atoms with E-state index in [0.717, 1.165) is 10.5 Å². The fraction of sp³-hybridized carbons (Fsp3) is 0.364. The first-order valence-corrected chi connectivity index (χ1v) is 11.5. The summed E-state index contributed by atoms with van der Waals surface area (Å²) in [5.41, 5.74) is 2.29. The van der Waals surface area contributed by atoms with Crippen molar-refractivity contribution in [3.63, 3.8) is 0 Å². The third-order valence-electron chi connectivity index (χ3n) is 5.32. The Kier molecular flexibility index (Phi) is 6.87. The lowest BCUT2D eigenvalue weighted by molar-refractivity contribution is -0.895. The molecular weight excluding hydrogens is 400 g/mol. The van der Waals surface area contributed by atoms with E-state index in [-0.39, 0.29) is 12.5 Å². The first-order chi connectivity index (χ1) is 14.3. The molecule has 0 bridgehead atoms. The van der Waals surface area contributed by atoms with E-state index in [1.807, 2.05) is 18.2 Å². The molecule has 0 aliphatic carbocycles. The number of sulfonamides is 1. The second-order valence-electron chi connectivity index (χ2n) is 7.79. The highest BCUT2D eigenvalue weighted by Gasteiger charge is 2.31. The number of hydrogen-bond acceptors (Lipinski definition) is 4. The van der Waals surface area contributed by atoms with Crippen molar-refractivity contribution in [2.75, 3.05) is 38.0 Å². The van der Waals surface area contributed by atoms with Gasteiger partial charge in [-0.05, 0) is 47.9 Å². The molecule has 7 nitrogen and oxygen atoms in total. The highest BCUT2D eigenvalue weighted by atomic mass is 32.2. The maximum Gasteiger partial charge on any atom is 0.279 e. The van der Waals surface area contributed by atoms with Crippen LogP contribution in [0.1, 0.15) is 30.9 Å². The highest BCUT2D eigenvalue weighted by Crippen LogP contribution is 2.20. The maximum absolute atomic E-state index is 12.9. The molecule has 158 valence electrons. The third-order valence-corrected chi connectivity index (χ3v) is 7.24. The largest absolute Gasteiger partial charge is 0.325 e. The molecule has 1 saturated heterocycles. The molecule has 1 heterocycles. The standard InChI is InChI=1S/C22H26N4O3S/c1-17(2)19-5-9-21(10-6-19)30(28,29)26-13-11-25(12-14-26)16-22(27)24-20-7-3-18(15-23)4-8-20/h3-10,17H,11-14,16H2,1-2H3,(H,24,27)/p+1. The van der Waals surface area contributed by atoms with Gasteiger partial charge in [-0.2, -0.15) is 9.57 Å². The summed E-state index contributed by atoms with van der Waals surface area (Å²) in [5.74, 6) is 0.222. The Morgan fingerprint density at radius 1 is 1.10 bits per heavy atom. The van der Waals surface area contributed by atoms with Crippen molar-refractivity contribution >= 4 is 21.6 Å². The van der Waals surface area contributed by atoms with Gasteiger partial charge in [0.25, 0.3) is 5.91 Å². The predicted octanol–water partition coefficient (Wildman–Crippen LogP) is 1.21. The minimum atomic E-state index is -3.52. The van der Waals surface area contributed by atoms with Gasteiger partial charge in [0.15, 0.2) is 6.54 Å². The van der Waals surface area contributed by atoms with Crippen molar-refractivity contribution in [1.82, 2.24) is 4.31 Å². The topological polar surface area (TPSA) is 94.7 Å². The molecule has 2 N–H and O–H groups in total. The van der Waals surface area contributed by atoms with Crippen molar-refractivity contribution < 1.29 is 18.1 Å². The van der Waals surface area contributed by atoms with Gasteiger partial charge < -0.3 is 10.2 Å². The van der Waals surface area contributed by atoms with Crippen LogP contribution in [0.15, 0.2) is 53.4 Å². The summed E-state index contributed by atoms with van der Waals surface area (Å²) in [6.07, 6.45) is 0. The molecule has 0 atom stereocenters. The summed E-state index contributed by atoms with van der Waals surface area (Å²) in [4.78, 5) is 13.7. The number of nitrogens with one attached hydrogen (secondary N) is 2. The van der Waals surface area contributed by atoms with E-state index in [4.69, 9.17) is 5.26 Å². The summed E-state index contributed by atoms with van der Waals surface area (Å²) in [6.45, 7) is 6.33. The normalized spacial score (nSPS) is 15.7. The maximum atomic E-state index is 12.9. The fourth-order valence-electron chi connectivity index (χ4n) is 3.45. The molecule has 0 aromatic heterocycles. The van der Waals surface area contributed by atoms with Crippen LogP contribution < -0.4 is 10.2 Å². The van der Waals surface area contributed by atoms with Crippen LogP contribution >= 0.6 is 0 Å². The van der Waals surface area contributed by atoms with Gasteiger partial charge in [-0.3, -0.25) is 4.79 Å². The molecule has 1 fully saturated rings. The van der Waals surface area contributed by atoms with Gasteiger partial charge in [-0.1, -0.05) is 26.0 Å². The van der Waals surface area contributed by atoms with Gasteiger partial charge in [-0.25, -0.2) is 8.42 Å². The van der Waals surface area contributed by atoms with Crippen molar-refractivity contribution in [2.45, 2.75) is 24.7 Å². The van der Waals surface area contributed by atoms with E-state index in [9.17, 15) is 13.2 Å². The van der Waals surface area contributed by atoms with Gasteiger partial charge in [0.05, 0.1) is 42.7 Å². The minimum absolute atomic E-state index is 0.129. The molecule has 8 heteroatoms. The van der Waals surface area contributed by atoms with Gasteiger partial charge in [0, 0.05) is 5.69 Å². The monoisotopic (exact) mass is 427 g/mol. The van der Waals surface area contributed by atoms with Crippen LogP contribution in [-0.2, 0) is 14.8 Å². The summed E-state index contributed by atoms with van der Waals surface area (Å²) in [6, 6.07) is 15.8. The number of nitrogens with zero attached hydrogens (tertiary/aromatic N) is 2. The summed E-state index contributed by atoms with van der Waals surface area (Å²) in [7, 11) is -3.52. The Morgan fingerprint density at radius 2 is 1.70 bits per heavy atom. The quantitative estimate of drug-likeness (QED) is 0.725. The first-order valence-electron chi connectivity index (χ1n) is 10.0. The van der Waals surface area contributed by atoms with Crippen LogP contribution in [0.5, 0.6) is 0 Å². The molecule has 1 aliphatic heterocycles. The van der Waals surface area contributed by atoms with Crippen molar-refractivity contribution in [3.05, 3.63) is 59.7 Å². The van der Waals surface area contributed by atoms with Gasteiger partial charge >= 0.3 is 0 Å². The average Bonchev–Trinajstić information content (AvgIpc) is 2.74. The van der Waals surface area contributed by atoms with E-state index in [1.54, 1.807) is 36.4 Å². The molecular formula is C22H27N4O3S+. The second-order valence-corrected chi connectivity index (χ2v) is 9.73. The van der Waals surface area contributed by atoms with Gasteiger partial charge in [-0.15, -0.1) is 0 Å². The number of benzene rings is 2. The Bertz CT molecular complexity index is 1020. The Balaban J connectivity index is 1.53. The molecule has 1 aliphatic rings. The lowest BCUT2D eigenvalue weighted by atomic mass is 10.0. The van der Waals surface area contributed by atoms with Crippen molar-refractivity contribution in [3.8, 4) is 6.07 Å². The lowest BCUT2D eigenvalue weighted by Crippen LogP contribution is -3.15. The SMILES string of the molecule is CC(C)c1ccc(S(=O)(=O)N2CC[NH+](CC(=O)Nc3ccc(C#N)cc3)CC2)cc1. The predicted molar refractivity (Wildman–Crippen MR) is 115 cm³/mol. The minimum Gasteiger partial charge on any atom is -0.325 e. The molecule has 0 unspecified atom stereocenters. The van der Waals surface area contributed by atoms with E-state index in [0.29, 0.717) is 48.2 Å². The number of carbonyl (C=O) groups excluding carboxylic acids is 1. The fourth-order valence-corrected chi connectivity index (χ4v) is 4.90. The highest BCUT2D eigenvalue weighted by molar-refractivity contribution is 7.89. The Morgan fingerprint density at radius 3 is 2.23 bits per heavy atom. The third kappa shape index (κ3) is 5.25. The van der Waals surface area contributed by atoms with Crippen molar-refractivity contribution in [1.29, 1.82) is 5.26 Å². The Labute approximate surface area is 178 Å². The number of quaternary nitrogens is 1. The van der Waals surface area contributed by atoms with Gasteiger partial charge in [0.2, 0.25) is 10.0 Å². The number of nitriles is 1. The lowest BCUT2D eigenvalue weighted by Gasteiger charge is -2.31. The molecule has 0 saturated carbocycles. The van der Waals surface area contributed by atoms with Crippen LogP contribution in [0.25, 0.3) is 0 Å². The molecule has 0 spiro atoms. The number of rotatable bonds is 6. The number of carbonyl (C=O) groups is 1. The van der Waals surface area contributed by atoms with Crippen LogP contribution in [0.3, 0.4) is 0 Å². The first kappa shape index (κ1) is 22.0. The average molecular weight is 428 g/mol. The summed E-state index contributed by atoms with van der Waals surface area (Å²) >= 11 is 0. The molecule has 0 radical (unpaired) electrons. The van der Waals surface area contributed by atoms with E-state index < -0.39 is 10.0 Å². The van der Waals surface area contributed by atoms with Crippen LogP contribution in [0, 0.1) is 11.3 Å². The van der Waals surface area contributed by atoms with Crippen molar-refractivity contribution in [2.24, 2.45) is 0 Å². The van der Waals surface area contributed by atoms with E-state index in [1.165, 1.54) is 4.31 Å². The number of anilines is 1. The van der Waals surface area contributed by atoms with E-state index >= 15 is 0 Å². The smallest absolute Gasteiger partial charge is 0.279 e.